The van der Waals surface area contributed by atoms with Crippen LogP contribution in [0.15, 0.2) is 5.10 Å². The topological polar surface area (TPSA) is 18.8 Å². The SMILES string of the molecule is CCCN1N=CN(C(F)(F)F)C1C(Cl)(Cl)C(Cl)(Cl)Cl. The van der Waals surface area contributed by atoms with E-state index in [0.717, 1.165) is 5.01 Å². The first kappa shape index (κ1) is 17.6. The summed E-state index contributed by atoms with van der Waals surface area (Å²) in [6, 6.07) is 0. The molecule has 0 amide bonds. The fraction of sp³-hybridized carbons (Fsp3) is 0.875. The van der Waals surface area contributed by atoms with Crippen LogP contribution in [0.4, 0.5) is 13.2 Å². The molecule has 0 bridgehead atoms. The summed E-state index contributed by atoms with van der Waals surface area (Å²) >= 11 is 28.4. The van der Waals surface area contributed by atoms with Crippen molar-refractivity contribution in [3.8, 4) is 0 Å². The van der Waals surface area contributed by atoms with Gasteiger partial charge in [0.1, 0.15) is 6.34 Å². The van der Waals surface area contributed by atoms with E-state index in [2.05, 4.69) is 5.10 Å². The van der Waals surface area contributed by atoms with Crippen molar-refractivity contribution in [1.29, 1.82) is 0 Å². The van der Waals surface area contributed by atoms with Gasteiger partial charge in [0.15, 0.2) is 6.17 Å². The van der Waals surface area contributed by atoms with Crippen LogP contribution < -0.4 is 0 Å². The van der Waals surface area contributed by atoms with E-state index in [9.17, 15) is 13.2 Å². The zero-order valence-corrected chi connectivity index (χ0v) is 13.2. The molecule has 0 radical (unpaired) electrons. The van der Waals surface area contributed by atoms with Crippen LogP contribution >= 0.6 is 58.0 Å². The zero-order chi connectivity index (χ0) is 15.1. The molecule has 0 aromatic rings. The minimum absolute atomic E-state index is 0.0927. The van der Waals surface area contributed by atoms with Crippen molar-refractivity contribution in [3.63, 3.8) is 0 Å². The highest BCUT2D eigenvalue weighted by Crippen LogP contribution is 2.52. The van der Waals surface area contributed by atoms with Crippen LogP contribution in [0.3, 0.4) is 0 Å². The lowest BCUT2D eigenvalue weighted by Crippen LogP contribution is -2.60. The van der Waals surface area contributed by atoms with Gasteiger partial charge in [-0.05, 0) is 6.42 Å². The summed E-state index contributed by atoms with van der Waals surface area (Å²) in [5.41, 5.74) is 0. The van der Waals surface area contributed by atoms with E-state index in [1.54, 1.807) is 6.92 Å². The van der Waals surface area contributed by atoms with Gasteiger partial charge in [0.25, 0.3) is 0 Å². The maximum Gasteiger partial charge on any atom is 0.487 e. The third kappa shape index (κ3) is 3.59. The highest BCUT2D eigenvalue weighted by molar-refractivity contribution is 6.75. The molecule has 1 atom stereocenters. The van der Waals surface area contributed by atoms with Crippen molar-refractivity contribution in [3.05, 3.63) is 0 Å². The molecule has 3 nitrogen and oxygen atoms in total. The Balaban J connectivity index is 3.15. The van der Waals surface area contributed by atoms with Crippen LogP contribution in [-0.2, 0) is 0 Å². The Morgan fingerprint density at radius 1 is 1.16 bits per heavy atom. The van der Waals surface area contributed by atoms with Crippen LogP contribution in [-0.4, -0.2) is 43.4 Å². The highest BCUT2D eigenvalue weighted by atomic mass is 35.6. The van der Waals surface area contributed by atoms with Crippen LogP contribution in [0.5, 0.6) is 0 Å². The minimum Gasteiger partial charge on any atom is -0.270 e. The van der Waals surface area contributed by atoms with Crippen LogP contribution in [0.1, 0.15) is 13.3 Å². The molecule has 1 aliphatic heterocycles. The smallest absolute Gasteiger partial charge is 0.270 e. The van der Waals surface area contributed by atoms with E-state index >= 15 is 0 Å². The molecule has 0 aromatic carbocycles. The van der Waals surface area contributed by atoms with E-state index in [4.69, 9.17) is 58.0 Å². The summed E-state index contributed by atoms with van der Waals surface area (Å²) in [6.07, 6.45) is -5.33. The van der Waals surface area contributed by atoms with Gasteiger partial charge in [-0.2, -0.15) is 5.10 Å². The fourth-order valence-electron chi connectivity index (χ4n) is 1.51. The molecule has 11 heteroatoms. The van der Waals surface area contributed by atoms with E-state index < -0.39 is 20.6 Å². The third-order valence-corrected chi connectivity index (χ3v) is 4.75. The summed E-state index contributed by atoms with van der Waals surface area (Å²) in [5, 5.41) is 4.64. The van der Waals surface area contributed by atoms with Gasteiger partial charge >= 0.3 is 6.30 Å². The van der Waals surface area contributed by atoms with Crippen molar-refractivity contribution in [2.45, 2.75) is 33.9 Å². The maximum absolute atomic E-state index is 12.9. The molecule has 1 rings (SSSR count). The Morgan fingerprint density at radius 3 is 2.05 bits per heavy atom. The first-order chi connectivity index (χ1) is 8.43. The molecule has 1 aliphatic rings. The fourth-order valence-corrected chi connectivity index (χ4v) is 2.24. The van der Waals surface area contributed by atoms with Crippen LogP contribution in [0.2, 0.25) is 0 Å². The molecule has 0 saturated carbocycles. The largest absolute Gasteiger partial charge is 0.487 e. The van der Waals surface area contributed by atoms with Crippen LogP contribution in [0.25, 0.3) is 0 Å². The average molecular weight is 381 g/mol. The summed E-state index contributed by atoms with van der Waals surface area (Å²) in [5.74, 6) is 0. The molecule has 0 spiro atoms. The number of hydrogen-bond acceptors (Lipinski definition) is 3. The molecular formula is C8H9Cl5F3N3. The zero-order valence-electron chi connectivity index (χ0n) is 9.43. The molecule has 19 heavy (non-hydrogen) atoms. The summed E-state index contributed by atoms with van der Waals surface area (Å²) in [4.78, 5) is -0.0927. The van der Waals surface area contributed by atoms with Gasteiger partial charge in [0.05, 0.1) is 0 Å². The van der Waals surface area contributed by atoms with E-state index in [1.165, 1.54) is 0 Å². The van der Waals surface area contributed by atoms with E-state index in [-0.39, 0.29) is 11.4 Å². The lowest BCUT2D eigenvalue weighted by Gasteiger charge is -2.41. The van der Waals surface area contributed by atoms with Crippen molar-refractivity contribution in [2.75, 3.05) is 6.54 Å². The van der Waals surface area contributed by atoms with E-state index in [1.807, 2.05) is 0 Å². The van der Waals surface area contributed by atoms with Gasteiger partial charge in [-0.15, -0.1) is 13.2 Å². The summed E-state index contributed by atoms with van der Waals surface area (Å²) in [6.45, 7) is 1.93. The summed E-state index contributed by atoms with van der Waals surface area (Å²) < 4.78 is 34.0. The molecule has 0 N–H and O–H groups in total. The van der Waals surface area contributed by atoms with Crippen LogP contribution in [0, 0.1) is 0 Å². The molecular weight excluding hydrogens is 372 g/mol. The first-order valence-corrected chi connectivity index (χ1v) is 6.92. The van der Waals surface area contributed by atoms with Crippen molar-refractivity contribution >= 4 is 64.3 Å². The average Bonchev–Trinajstić information content (AvgIpc) is 2.60. The quantitative estimate of drug-likeness (QED) is 0.535. The third-order valence-electron chi connectivity index (χ3n) is 2.32. The first-order valence-electron chi connectivity index (χ1n) is 5.03. The van der Waals surface area contributed by atoms with Crippen molar-refractivity contribution in [1.82, 2.24) is 9.91 Å². The number of alkyl halides is 8. The minimum atomic E-state index is -4.75. The Morgan fingerprint density at radius 2 is 1.68 bits per heavy atom. The number of rotatable bonds is 3. The lowest BCUT2D eigenvalue weighted by molar-refractivity contribution is -0.236. The van der Waals surface area contributed by atoms with Gasteiger partial charge in [0.2, 0.25) is 8.13 Å². The van der Waals surface area contributed by atoms with Gasteiger partial charge in [0, 0.05) is 6.54 Å². The Labute approximate surface area is 133 Å². The lowest BCUT2D eigenvalue weighted by atomic mass is 10.3. The highest BCUT2D eigenvalue weighted by Gasteiger charge is 2.61. The predicted octanol–water partition coefficient (Wildman–Crippen LogP) is 4.35. The molecule has 0 fully saturated rings. The molecule has 0 aromatic heterocycles. The normalized spacial score (nSPS) is 21.4. The number of hydrogen-bond donors (Lipinski definition) is 0. The maximum atomic E-state index is 12.9. The number of nitrogens with zero attached hydrogens (tertiary/aromatic N) is 3. The van der Waals surface area contributed by atoms with Crippen molar-refractivity contribution in [2.24, 2.45) is 5.10 Å². The van der Waals surface area contributed by atoms with E-state index in [0.29, 0.717) is 12.8 Å². The number of hydrazone groups is 1. The number of halogens is 8. The molecule has 0 aliphatic carbocycles. The van der Waals surface area contributed by atoms with Gasteiger partial charge in [-0.1, -0.05) is 64.9 Å². The second-order valence-electron chi connectivity index (χ2n) is 3.76. The Kier molecular flexibility index (Phi) is 5.28. The molecule has 0 saturated heterocycles. The standard InChI is InChI=1S/C8H9Cl5F3N3/c1-2-3-19-5(6(9,10)7(11,12)13)18(4-17-19)8(14,15)16/h4-5H,2-3H2,1H3. The summed E-state index contributed by atoms with van der Waals surface area (Å²) in [7, 11) is 0. The Bertz CT molecular complexity index is 355. The van der Waals surface area contributed by atoms with Crippen molar-refractivity contribution < 1.29 is 13.2 Å². The molecule has 112 valence electrons. The van der Waals surface area contributed by atoms with Gasteiger partial charge < -0.3 is 0 Å². The predicted molar refractivity (Wildman–Crippen MR) is 71.9 cm³/mol. The molecule has 1 unspecified atom stereocenters. The van der Waals surface area contributed by atoms with Gasteiger partial charge in [-0.25, -0.2) is 4.90 Å². The van der Waals surface area contributed by atoms with Gasteiger partial charge in [-0.3, -0.25) is 5.01 Å². The Hall–Kier alpha value is 0.510. The second-order valence-corrected chi connectivity index (χ2v) is 7.43. The molecule has 1 heterocycles. The second kappa shape index (κ2) is 5.72. The monoisotopic (exact) mass is 379 g/mol.